The van der Waals surface area contributed by atoms with Crippen LogP contribution >= 0.6 is 0 Å². The monoisotopic (exact) mass is 490 g/mol. The molecule has 37 heavy (non-hydrogen) atoms. The predicted octanol–water partition coefficient (Wildman–Crippen LogP) is 6.50. The second-order valence-corrected chi connectivity index (χ2v) is 11.1. The van der Waals surface area contributed by atoms with E-state index < -0.39 is 0 Å². The highest BCUT2D eigenvalue weighted by Gasteiger charge is 2.58. The summed E-state index contributed by atoms with van der Waals surface area (Å²) in [6, 6.07) is 23.7. The van der Waals surface area contributed by atoms with Crippen molar-refractivity contribution >= 4 is 5.69 Å². The topological polar surface area (TPSA) is 64.3 Å². The Kier molecular flexibility index (Phi) is 4.88. The molecule has 6 unspecified atom stereocenters. The third-order valence-corrected chi connectivity index (χ3v) is 9.16. The molecule has 0 amide bonds. The van der Waals surface area contributed by atoms with Gasteiger partial charge >= 0.3 is 5.95 Å². The summed E-state index contributed by atoms with van der Waals surface area (Å²) < 4.78 is 12.1. The van der Waals surface area contributed by atoms with Crippen molar-refractivity contribution in [2.24, 2.45) is 11.8 Å². The molecule has 4 aromatic rings. The Labute approximate surface area is 216 Å². The van der Waals surface area contributed by atoms with Crippen LogP contribution in [0.25, 0.3) is 22.8 Å². The first kappa shape index (κ1) is 21.4. The van der Waals surface area contributed by atoms with E-state index in [1.807, 2.05) is 36.4 Å². The number of nitrogens with zero attached hydrogens (tertiary/aromatic N) is 4. The molecule has 6 atom stereocenters. The quantitative estimate of drug-likeness (QED) is 0.327. The predicted molar refractivity (Wildman–Crippen MR) is 141 cm³/mol. The van der Waals surface area contributed by atoms with E-state index in [0.717, 1.165) is 65.9 Å². The van der Waals surface area contributed by atoms with E-state index in [1.165, 1.54) is 12.8 Å². The molecular weight excluding hydrogens is 460 g/mol. The van der Waals surface area contributed by atoms with Crippen molar-refractivity contribution in [2.75, 3.05) is 4.90 Å². The largest absolute Gasteiger partial charge is 0.458 e. The van der Waals surface area contributed by atoms with Crippen LogP contribution in [0.15, 0.2) is 77.4 Å². The van der Waals surface area contributed by atoms with Gasteiger partial charge in [0.15, 0.2) is 11.6 Å². The number of furan rings is 1. The van der Waals surface area contributed by atoms with Gasteiger partial charge in [-0.15, -0.1) is 0 Å². The number of fused-ring (bicyclic) bond motifs is 5. The first-order valence-electron chi connectivity index (χ1n) is 13.7. The van der Waals surface area contributed by atoms with E-state index in [4.69, 9.17) is 24.1 Å². The highest BCUT2D eigenvalue weighted by Crippen LogP contribution is 2.57. The summed E-state index contributed by atoms with van der Waals surface area (Å²) in [6.45, 7) is 0. The van der Waals surface area contributed by atoms with Gasteiger partial charge < -0.3 is 14.1 Å². The van der Waals surface area contributed by atoms with E-state index in [9.17, 15) is 0 Å². The van der Waals surface area contributed by atoms with Gasteiger partial charge in [-0.2, -0.15) is 0 Å². The maximum atomic E-state index is 6.36. The molecule has 2 aromatic carbocycles. The fourth-order valence-electron chi connectivity index (χ4n) is 7.66. The summed E-state index contributed by atoms with van der Waals surface area (Å²) >= 11 is 0. The molecule has 0 N–H and O–H groups in total. The third-order valence-electron chi connectivity index (χ3n) is 9.16. The number of hydrogen-bond acceptors (Lipinski definition) is 6. The molecule has 186 valence electrons. The Bertz CT molecular complexity index is 1360. The lowest BCUT2D eigenvalue weighted by atomic mass is 9.69. The molecule has 8 rings (SSSR count). The van der Waals surface area contributed by atoms with E-state index in [0.29, 0.717) is 29.8 Å². The van der Waals surface area contributed by atoms with Crippen molar-refractivity contribution in [1.29, 1.82) is 0 Å². The second kappa shape index (κ2) is 8.44. The van der Waals surface area contributed by atoms with Crippen molar-refractivity contribution in [2.45, 2.75) is 62.6 Å². The minimum absolute atomic E-state index is 0.244. The lowest BCUT2D eigenvalue weighted by molar-refractivity contribution is 0.0636. The minimum atomic E-state index is 0.244. The van der Waals surface area contributed by atoms with Crippen molar-refractivity contribution < 1.29 is 9.15 Å². The van der Waals surface area contributed by atoms with Crippen LogP contribution in [0.5, 0.6) is 5.95 Å². The van der Waals surface area contributed by atoms with Gasteiger partial charge in [-0.25, -0.2) is 15.0 Å². The van der Waals surface area contributed by atoms with Gasteiger partial charge in [0.2, 0.25) is 0 Å². The van der Waals surface area contributed by atoms with Crippen molar-refractivity contribution in [3.8, 4) is 28.7 Å². The molecule has 0 spiro atoms. The van der Waals surface area contributed by atoms with Crippen LogP contribution in [0.1, 0.15) is 50.3 Å². The Balaban J connectivity index is 1.17. The Hall–Kier alpha value is -3.67. The normalized spacial score (nSPS) is 29.7. The molecule has 6 nitrogen and oxygen atoms in total. The van der Waals surface area contributed by atoms with E-state index in [1.54, 1.807) is 6.26 Å². The lowest BCUT2D eigenvalue weighted by Gasteiger charge is -2.43. The smallest absolute Gasteiger partial charge is 0.309 e. The zero-order valence-corrected chi connectivity index (χ0v) is 20.7. The third kappa shape index (κ3) is 3.41. The fourth-order valence-corrected chi connectivity index (χ4v) is 7.66. The van der Waals surface area contributed by atoms with Gasteiger partial charge in [0, 0.05) is 29.2 Å². The molecule has 1 saturated heterocycles. The standard InChI is InChI=1S/C31H30N4O2/c1-3-8-19(9-4-1)28-32-29(20-10-5-2-6-11-20)34-30(33-28)21-14-15-24-23(18-21)22-12-7-13-26-27(22)35(24)25-16-17-36-31(25)37-26/h1-6,8-11,16-17,21-24,26-27H,7,12-15,18H2. The van der Waals surface area contributed by atoms with Crippen molar-refractivity contribution in [3.63, 3.8) is 0 Å². The first-order valence-corrected chi connectivity index (χ1v) is 13.7. The molecule has 4 heterocycles. The summed E-state index contributed by atoms with van der Waals surface area (Å²) in [7, 11) is 0. The molecule has 3 fully saturated rings. The van der Waals surface area contributed by atoms with Gasteiger partial charge in [0.1, 0.15) is 17.6 Å². The lowest BCUT2D eigenvalue weighted by Crippen LogP contribution is -2.52. The first-order chi connectivity index (χ1) is 18.3. The molecule has 4 aliphatic rings. The van der Waals surface area contributed by atoms with E-state index >= 15 is 0 Å². The van der Waals surface area contributed by atoms with Crippen LogP contribution in [0, 0.1) is 11.8 Å². The zero-order valence-electron chi connectivity index (χ0n) is 20.7. The number of aromatic nitrogens is 3. The van der Waals surface area contributed by atoms with Crippen LogP contribution in [-0.4, -0.2) is 33.1 Å². The number of ether oxygens (including phenoxy) is 1. The second-order valence-electron chi connectivity index (χ2n) is 11.1. The highest BCUT2D eigenvalue weighted by atomic mass is 16.6. The van der Waals surface area contributed by atoms with Crippen LogP contribution in [0.2, 0.25) is 0 Å². The summed E-state index contributed by atoms with van der Waals surface area (Å²) in [5, 5.41) is 0. The van der Waals surface area contributed by atoms with Crippen LogP contribution in [0.3, 0.4) is 0 Å². The Morgan fingerprint density at radius 3 is 2.19 bits per heavy atom. The van der Waals surface area contributed by atoms with Crippen LogP contribution < -0.4 is 9.64 Å². The number of hydrogen-bond donors (Lipinski definition) is 0. The molecule has 2 saturated carbocycles. The van der Waals surface area contributed by atoms with Crippen molar-refractivity contribution in [3.05, 3.63) is 78.8 Å². The summed E-state index contributed by atoms with van der Waals surface area (Å²) in [5.74, 6) is 4.81. The molecule has 2 aromatic heterocycles. The molecule has 0 bridgehead atoms. The van der Waals surface area contributed by atoms with Gasteiger partial charge in [0.25, 0.3) is 0 Å². The minimum Gasteiger partial charge on any atom is -0.458 e. The summed E-state index contributed by atoms with van der Waals surface area (Å²) in [5.41, 5.74) is 3.24. The Morgan fingerprint density at radius 2 is 1.46 bits per heavy atom. The molecular formula is C31H30N4O2. The number of benzene rings is 2. The Morgan fingerprint density at radius 1 is 0.730 bits per heavy atom. The SMILES string of the molecule is c1ccc(-c2nc(-c3ccccc3)nc(C3CCC4C(C3)C3CCCC5Oc6occc6N4C53)n2)cc1. The maximum Gasteiger partial charge on any atom is 0.309 e. The average Bonchev–Trinajstić information content (AvgIpc) is 3.57. The fraction of sp³-hybridized carbons (Fsp3) is 0.387. The number of rotatable bonds is 3. The highest BCUT2D eigenvalue weighted by molar-refractivity contribution is 5.62. The van der Waals surface area contributed by atoms with Gasteiger partial charge in [-0.1, -0.05) is 60.7 Å². The van der Waals surface area contributed by atoms with Crippen molar-refractivity contribution in [1.82, 2.24) is 15.0 Å². The molecule has 0 radical (unpaired) electrons. The van der Waals surface area contributed by atoms with Gasteiger partial charge in [-0.05, 0) is 50.4 Å². The summed E-state index contributed by atoms with van der Waals surface area (Å²) in [6.07, 6.45) is 9.01. The van der Waals surface area contributed by atoms with Crippen LogP contribution in [-0.2, 0) is 0 Å². The van der Waals surface area contributed by atoms with Gasteiger partial charge in [0.05, 0.1) is 12.3 Å². The number of anilines is 1. The molecule has 6 heteroatoms. The van der Waals surface area contributed by atoms with Gasteiger partial charge in [-0.3, -0.25) is 0 Å². The average molecular weight is 491 g/mol. The zero-order chi connectivity index (χ0) is 24.3. The van der Waals surface area contributed by atoms with Crippen LogP contribution in [0.4, 0.5) is 5.69 Å². The molecule has 2 aliphatic carbocycles. The maximum absolute atomic E-state index is 6.36. The summed E-state index contributed by atoms with van der Waals surface area (Å²) in [4.78, 5) is 17.8. The van der Waals surface area contributed by atoms with E-state index in [2.05, 4.69) is 35.2 Å². The van der Waals surface area contributed by atoms with E-state index in [-0.39, 0.29) is 6.10 Å². The molecule has 2 aliphatic heterocycles.